The summed E-state index contributed by atoms with van der Waals surface area (Å²) >= 11 is 6.17. The highest BCUT2D eigenvalue weighted by atomic mass is 35.5. The van der Waals surface area contributed by atoms with Gasteiger partial charge < -0.3 is 4.74 Å². The molecule has 33 heavy (non-hydrogen) atoms. The van der Waals surface area contributed by atoms with Crippen molar-refractivity contribution in [3.05, 3.63) is 95.3 Å². The normalized spacial score (nSPS) is 17.1. The average molecular weight is 464 g/mol. The summed E-state index contributed by atoms with van der Waals surface area (Å²) < 4.78 is 5.89. The molecular weight excluding hydrogens is 430 g/mol. The molecule has 1 aliphatic rings. The predicted octanol–water partition coefficient (Wildman–Crippen LogP) is 5.94. The molecule has 0 bridgehead atoms. The second-order valence-electron chi connectivity index (χ2n) is 8.96. The first-order chi connectivity index (χ1) is 16.1. The Kier molecular flexibility index (Phi) is 8.38. The lowest BCUT2D eigenvalue weighted by molar-refractivity contribution is 0.0881. The first-order valence-corrected chi connectivity index (χ1v) is 12.3. The summed E-state index contributed by atoms with van der Waals surface area (Å²) in [5.41, 5.74) is 2.30. The van der Waals surface area contributed by atoms with E-state index in [2.05, 4.69) is 48.0 Å². The smallest absolute Gasteiger partial charge is 0.119 e. The van der Waals surface area contributed by atoms with Crippen molar-refractivity contribution in [3.63, 3.8) is 0 Å². The zero-order valence-electron chi connectivity index (χ0n) is 19.6. The third-order valence-corrected chi connectivity index (χ3v) is 7.19. The van der Waals surface area contributed by atoms with Crippen LogP contribution in [0.2, 0.25) is 5.02 Å². The van der Waals surface area contributed by atoms with Gasteiger partial charge in [-0.05, 0) is 87.8 Å². The third kappa shape index (κ3) is 6.35. The fourth-order valence-electron chi connectivity index (χ4n) is 4.83. The summed E-state index contributed by atoms with van der Waals surface area (Å²) in [5.74, 6) is 1.60. The maximum Gasteiger partial charge on any atom is 0.119 e. The van der Waals surface area contributed by atoms with E-state index in [1.54, 1.807) is 0 Å². The molecule has 2 atom stereocenters. The molecule has 5 heteroatoms. The Balaban J connectivity index is 1.35. The minimum atomic E-state index is 0.107. The van der Waals surface area contributed by atoms with Crippen molar-refractivity contribution in [2.45, 2.75) is 31.8 Å². The molecule has 0 amide bonds. The number of rotatable bonds is 9. The Bertz CT molecular complexity index is 959. The van der Waals surface area contributed by atoms with Crippen molar-refractivity contribution < 1.29 is 4.74 Å². The molecule has 3 aromatic rings. The van der Waals surface area contributed by atoms with Crippen molar-refractivity contribution in [1.82, 2.24) is 14.8 Å². The molecule has 4 rings (SSSR count). The molecule has 0 spiro atoms. The van der Waals surface area contributed by atoms with Gasteiger partial charge in [-0.25, -0.2) is 0 Å². The molecule has 0 saturated carbocycles. The fourth-order valence-corrected chi connectivity index (χ4v) is 4.96. The number of pyridine rings is 1. The number of aromatic nitrogens is 1. The fraction of sp³-hybridized carbons (Fsp3) is 0.393. The second-order valence-corrected chi connectivity index (χ2v) is 9.39. The van der Waals surface area contributed by atoms with E-state index < -0.39 is 0 Å². The van der Waals surface area contributed by atoms with Crippen molar-refractivity contribution in [3.8, 4) is 5.75 Å². The van der Waals surface area contributed by atoms with E-state index in [9.17, 15) is 0 Å². The Morgan fingerprint density at radius 2 is 1.70 bits per heavy atom. The molecule has 2 aromatic carbocycles. The predicted molar refractivity (Wildman–Crippen MR) is 136 cm³/mol. The third-order valence-electron chi connectivity index (χ3n) is 6.94. The topological polar surface area (TPSA) is 28.6 Å². The van der Waals surface area contributed by atoms with E-state index in [0.29, 0.717) is 12.0 Å². The van der Waals surface area contributed by atoms with Crippen molar-refractivity contribution in [2.75, 3.05) is 33.3 Å². The van der Waals surface area contributed by atoms with Gasteiger partial charge in [0.05, 0.1) is 11.7 Å². The zero-order chi connectivity index (χ0) is 23.0. The van der Waals surface area contributed by atoms with E-state index in [1.165, 1.54) is 18.4 Å². The number of hydrogen-bond donors (Lipinski definition) is 0. The van der Waals surface area contributed by atoms with Gasteiger partial charge in [0.2, 0.25) is 0 Å². The second kappa shape index (κ2) is 11.6. The van der Waals surface area contributed by atoms with Crippen LogP contribution in [0, 0.1) is 5.92 Å². The minimum Gasteiger partial charge on any atom is -0.492 e. The number of ether oxygens (including phenoxy) is 1. The summed E-state index contributed by atoms with van der Waals surface area (Å²) in [6.07, 6.45) is 4.28. The Morgan fingerprint density at radius 1 is 1.00 bits per heavy atom. The average Bonchev–Trinajstić information content (AvgIpc) is 2.86. The molecule has 1 aliphatic heterocycles. The number of nitrogens with zero attached hydrogens (tertiary/aromatic N) is 3. The van der Waals surface area contributed by atoms with Gasteiger partial charge in [0.15, 0.2) is 0 Å². The van der Waals surface area contributed by atoms with E-state index in [-0.39, 0.29) is 6.04 Å². The quantitative estimate of drug-likeness (QED) is 0.393. The van der Waals surface area contributed by atoms with E-state index in [4.69, 9.17) is 21.3 Å². The lowest BCUT2D eigenvalue weighted by atomic mass is 9.87. The highest BCUT2D eigenvalue weighted by molar-refractivity contribution is 6.30. The maximum atomic E-state index is 6.17. The lowest BCUT2D eigenvalue weighted by Crippen LogP contribution is -2.45. The van der Waals surface area contributed by atoms with Crippen LogP contribution in [-0.2, 0) is 0 Å². The molecule has 0 aliphatic carbocycles. The highest BCUT2D eigenvalue weighted by Gasteiger charge is 2.31. The van der Waals surface area contributed by atoms with E-state index in [0.717, 1.165) is 42.7 Å². The van der Waals surface area contributed by atoms with Gasteiger partial charge in [0.1, 0.15) is 12.4 Å². The number of benzene rings is 2. The largest absolute Gasteiger partial charge is 0.492 e. The van der Waals surface area contributed by atoms with Gasteiger partial charge in [0.25, 0.3) is 0 Å². The summed E-state index contributed by atoms with van der Waals surface area (Å²) in [6.45, 7) is 6.33. The molecule has 0 N–H and O–H groups in total. The first kappa shape index (κ1) is 23.7. The molecule has 2 heterocycles. The van der Waals surface area contributed by atoms with Gasteiger partial charge in [-0.15, -0.1) is 0 Å². The van der Waals surface area contributed by atoms with Crippen LogP contribution < -0.4 is 4.74 Å². The Hall–Kier alpha value is -2.40. The number of piperidine rings is 1. The Labute approximate surface area is 203 Å². The van der Waals surface area contributed by atoms with Gasteiger partial charge in [-0.1, -0.05) is 48.0 Å². The van der Waals surface area contributed by atoms with E-state index in [1.807, 2.05) is 54.7 Å². The molecule has 4 nitrogen and oxygen atoms in total. The van der Waals surface area contributed by atoms with Crippen molar-refractivity contribution in [1.29, 1.82) is 0 Å². The summed E-state index contributed by atoms with van der Waals surface area (Å²) in [6, 6.07) is 25.0. The standard InChI is InChI=1S/C28H34ClN3O/c1-22(23-15-18-32(19-16-23)20-21-33-26-8-4-3-5-9-26)31(2)28(27-10-6-7-17-30-27)24-11-13-25(29)14-12-24/h3-14,17,22-23,28H,15-16,18-21H2,1-2H3/t22?,28-/m1/s1. The molecule has 1 fully saturated rings. The minimum absolute atomic E-state index is 0.107. The van der Waals surface area contributed by atoms with Crippen LogP contribution in [0.4, 0.5) is 0 Å². The van der Waals surface area contributed by atoms with Gasteiger partial charge in [0, 0.05) is 23.8 Å². The maximum absolute atomic E-state index is 6.17. The van der Waals surface area contributed by atoms with Crippen LogP contribution in [0.25, 0.3) is 0 Å². The number of halogens is 1. The molecule has 1 saturated heterocycles. The van der Waals surface area contributed by atoms with Crippen LogP contribution in [-0.4, -0.2) is 54.1 Å². The van der Waals surface area contributed by atoms with Gasteiger partial charge in [-0.3, -0.25) is 14.8 Å². The SMILES string of the molecule is CC(C1CCN(CCOc2ccccc2)CC1)N(C)[C@H](c1ccc(Cl)cc1)c1ccccn1. The molecule has 0 radical (unpaired) electrons. The Morgan fingerprint density at radius 3 is 2.36 bits per heavy atom. The molecular formula is C28H34ClN3O. The van der Waals surface area contributed by atoms with Crippen LogP contribution in [0.15, 0.2) is 79.0 Å². The highest BCUT2D eigenvalue weighted by Crippen LogP contribution is 2.33. The summed E-state index contributed by atoms with van der Waals surface area (Å²) in [5, 5.41) is 0.762. The molecule has 1 aromatic heterocycles. The van der Waals surface area contributed by atoms with Crippen LogP contribution in [0.5, 0.6) is 5.75 Å². The number of para-hydroxylation sites is 1. The monoisotopic (exact) mass is 463 g/mol. The summed E-state index contributed by atoms with van der Waals surface area (Å²) in [7, 11) is 2.23. The van der Waals surface area contributed by atoms with Crippen LogP contribution >= 0.6 is 11.6 Å². The van der Waals surface area contributed by atoms with Gasteiger partial charge in [-0.2, -0.15) is 0 Å². The zero-order valence-corrected chi connectivity index (χ0v) is 20.4. The summed E-state index contributed by atoms with van der Waals surface area (Å²) in [4.78, 5) is 9.72. The number of likely N-dealkylation sites (tertiary alicyclic amines) is 1. The van der Waals surface area contributed by atoms with Crippen LogP contribution in [0.3, 0.4) is 0 Å². The van der Waals surface area contributed by atoms with Crippen LogP contribution in [0.1, 0.15) is 37.1 Å². The number of hydrogen-bond acceptors (Lipinski definition) is 4. The lowest BCUT2D eigenvalue weighted by Gasteiger charge is -2.41. The van der Waals surface area contributed by atoms with Gasteiger partial charge >= 0.3 is 0 Å². The molecule has 1 unspecified atom stereocenters. The van der Waals surface area contributed by atoms with E-state index >= 15 is 0 Å². The van der Waals surface area contributed by atoms with Crippen molar-refractivity contribution in [2.24, 2.45) is 5.92 Å². The first-order valence-electron chi connectivity index (χ1n) is 11.9. The van der Waals surface area contributed by atoms with Crippen molar-refractivity contribution >= 4 is 11.6 Å². The molecule has 174 valence electrons.